The third-order valence-electron chi connectivity index (χ3n) is 3.83. The second kappa shape index (κ2) is 8.00. The number of rotatable bonds is 3. The van der Waals surface area contributed by atoms with Crippen LogP contribution in [0, 0.1) is 5.92 Å². The minimum atomic E-state index is -0.179. The van der Waals surface area contributed by atoms with Gasteiger partial charge in [-0.05, 0) is 43.5 Å². The second-order valence-corrected chi connectivity index (χ2v) is 5.13. The van der Waals surface area contributed by atoms with Gasteiger partial charge < -0.3 is 16.0 Å². The number of hydrogen-bond donors (Lipinski definition) is 2. The van der Waals surface area contributed by atoms with Gasteiger partial charge in [0, 0.05) is 31.3 Å². The van der Waals surface area contributed by atoms with Gasteiger partial charge in [-0.3, -0.25) is 9.59 Å². The highest BCUT2D eigenvalue weighted by molar-refractivity contribution is 5.99. The van der Waals surface area contributed by atoms with E-state index < -0.39 is 0 Å². The van der Waals surface area contributed by atoms with Crippen LogP contribution in [0.25, 0.3) is 0 Å². The molecule has 0 spiro atoms. The molecule has 0 bridgehead atoms. The van der Waals surface area contributed by atoms with Crippen LogP contribution in [0.1, 0.15) is 33.6 Å². The predicted octanol–water partition coefficient (Wildman–Crippen LogP) is 1.28. The van der Waals surface area contributed by atoms with Gasteiger partial charge in [0.25, 0.3) is 11.8 Å². The Labute approximate surface area is 131 Å². The number of amides is 2. The molecule has 1 aliphatic rings. The summed E-state index contributed by atoms with van der Waals surface area (Å²) in [5.41, 5.74) is 6.73. The number of carbonyl (C=O) groups excluding carboxylic acids is 2. The minimum absolute atomic E-state index is 0. The summed E-state index contributed by atoms with van der Waals surface area (Å²) in [6.45, 7) is 2.17. The van der Waals surface area contributed by atoms with E-state index in [9.17, 15) is 9.59 Å². The van der Waals surface area contributed by atoms with E-state index in [0.717, 1.165) is 25.9 Å². The molecule has 1 aromatic carbocycles. The van der Waals surface area contributed by atoms with Crippen molar-refractivity contribution in [1.29, 1.82) is 0 Å². The molecule has 21 heavy (non-hydrogen) atoms. The molecule has 0 aliphatic carbocycles. The predicted molar refractivity (Wildman–Crippen MR) is 84.8 cm³/mol. The average molecular weight is 312 g/mol. The Bertz CT molecular complexity index is 499. The fourth-order valence-electron chi connectivity index (χ4n) is 2.49. The van der Waals surface area contributed by atoms with Gasteiger partial charge in [0.1, 0.15) is 0 Å². The SMILES string of the molecule is CNC(=O)c1cccc(C(=O)N2CCC(CN)CC2)c1.Cl. The van der Waals surface area contributed by atoms with Crippen molar-refractivity contribution in [2.45, 2.75) is 12.8 Å². The van der Waals surface area contributed by atoms with Crippen molar-refractivity contribution in [3.8, 4) is 0 Å². The third-order valence-corrected chi connectivity index (χ3v) is 3.83. The summed E-state index contributed by atoms with van der Waals surface area (Å²) in [5.74, 6) is 0.337. The number of hydrogen-bond acceptors (Lipinski definition) is 3. The zero-order valence-electron chi connectivity index (χ0n) is 12.2. The Kier molecular flexibility index (Phi) is 6.65. The number of nitrogens with one attached hydrogen (secondary N) is 1. The van der Waals surface area contributed by atoms with Gasteiger partial charge >= 0.3 is 0 Å². The molecular formula is C15H22ClN3O2. The number of benzene rings is 1. The summed E-state index contributed by atoms with van der Waals surface area (Å²) in [5, 5.41) is 2.56. The van der Waals surface area contributed by atoms with Gasteiger partial charge in [0.2, 0.25) is 0 Å². The Morgan fingerprint density at radius 1 is 1.29 bits per heavy atom. The van der Waals surface area contributed by atoms with Crippen LogP contribution in [0.5, 0.6) is 0 Å². The van der Waals surface area contributed by atoms with Crippen LogP contribution < -0.4 is 11.1 Å². The normalized spacial score (nSPS) is 15.2. The molecule has 116 valence electrons. The number of nitrogens with two attached hydrogens (primary N) is 1. The molecule has 6 heteroatoms. The van der Waals surface area contributed by atoms with Gasteiger partial charge in [0.15, 0.2) is 0 Å². The van der Waals surface area contributed by atoms with E-state index in [2.05, 4.69) is 5.32 Å². The zero-order valence-corrected chi connectivity index (χ0v) is 13.0. The quantitative estimate of drug-likeness (QED) is 0.883. The largest absolute Gasteiger partial charge is 0.355 e. The van der Waals surface area contributed by atoms with Crippen LogP contribution in [0.4, 0.5) is 0 Å². The first-order valence-electron chi connectivity index (χ1n) is 6.97. The van der Waals surface area contributed by atoms with Gasteiger partial charge in [-0.25, -0.2) is 0 Å². The molecule has 1 heterocycles. The first-order chi connectivity index (χ1) is 9.65. The maximum Gasteiger partial charge on any atom is 0.253 e. The molecule has 1 aromatic rings. The topological polar surface area (TPSA) is 75.4 Å². The summed E-state index contributed by atoms with van der Waals surface area (Å²) >= 11 is 0. The maximum atomic E-state index is 12.4. The highest BCUT2D eigenvalue weighted by Crippen LogP contribution is 2.18. The van der Waals surface area contributed by atoms with Crippen molar-refractivity contribution in [2.75, 3.05) is 26.7 Å². The first-order valence-corrected chi connectivity index (χ1v) is 6.97. The van der Waals surface area contributed by atoms with Crippen LogP contribution >= 0.6 is 12.4 Å². The molecule has 2 rings (SSSR count). The lowest BCUT2D eigenvalue weighted by molar-refractivity contribution is 0.0693. The molecule has 1 saturated heterocycles. The number of carbonyl (C=O) groups is 2. The van der Waals surface area contributed by atoms with Crippen molar-refractivity contribution in [3.63, 3.8) is 0 Å². The van der Waals surface area contributed by atoms with E-state index in [4.69, 9.17) is 5.73 Å². The average Bonchev–Trinajstić information content (AvgIpc) is 2.53. The monoisotopic (exact) mass is 311 g/mol. The summed E-state index contributed by atoms with van der Waals surface area (Å²) in [6.07, 6.45) is 1.91. The number of piperidine rings is 1. The van der Waals surface area contributed by atoms with Gasteiger partial charge in [-0.2, -0.15) is 0 Å². The van der Waals surface area contributed by atoms with Crippen LogP contribution in [-0.2, 0) is 0 Å². The molecule has 0 aromatic heterocycles. The summed E-state index contributed by atoms with van der Waals surface area (Å²) < 4.78 is 0. The van der Waals surface area contributed by atoms with Gasteiger partial charge in [-0.1, -0.05) is 6.07 Å². The van der Waals surface area contributed by atoms with E-state index in [-0.39, 0.29) is 24.2 Å². The Hall–Kier alpha value is -1.59. The zero-order chi connectivity index (χ0) is 14.5. The molecule has 0 saturated carbocycles. The molecule has 0 unspecified atom stereocenters. The van der Waals surface area contributed by atoms with Crippen molar-refractivity contribution in [1.82, 2.24) is 10.2 Å². The van der Waals surface area contributed by atoms with Gasteiger partial charge in [-0.15, -0.1) is 12.4 Å². The lowest BCUT2D eigenvalue weighted by Crippen LogP contribution is -2.40. The van der Waals surface area contributed by atoms with Crippen molar-refractivity contribution >= 4 is 24.2 Å². The van der Waals surface area contributed by atoms with E-state index in [0.29, 0.717) is 23.6 Å². The summed E-state index contributed by atoms with van der Waals surface area (Å²) in [4.78, 5) is 25.9. The molecule has 0 radical (unpaired) electrons. The van der Waals surface area contributed by atoms with E-state index >= 15 is 0 Å². The van der Waals surface area contributed by atoms with E-state index in [1.54, 1.807) is 31.3 Å². The fraction of sp³-hybridized carbons (Fsp3) is 0.467. The molecule has 5 nitrogen and oxygen atoms in total. The lowest BCUT2D eigenvalue weighted by Gasteiger charge is -2.31. The first kappa shape index (κ1) is 17.5. The Morgan fingerprint density at radius 2 is 1.90 bits per heavy atom. The second-order valence-electron chi connectivity index (χ2n) is 5.13. The molecule has 1 aliphatic heterocycles. The fourth-order valence-corrected chi connectivity index (χ4v) is 2.49. The summed E-state index contributed by atoms with van der Waals surface area (Å²) in [7, 11) is 1.58. The molecular weight excluding hydrogens is 290 g/mol. The summed E-state index contributed by atoms with van der Waals surface area (Å²) in [6, 6.07) is 6.85. The smallest absolute Gasteiger partial charge is 0.253 e. The molecule has 0 atom stereocenters. The number of nitrogens with zero attached hydrogens (tertiary/aromatic N) is 1. The lowest BCUT2D eigenvalue weighted by atomic mass is 9.96. The van der Waals surface area contributed by atoms with Crippen LogP contribution in [-0.4, -0.2) is 43.4 Å². The standard InChI is InChI=1S/C15H21N3O2.ClH/c1-17-14(19)12-3-2-4-13(9-12)15(20)18-7-5-11(10-16)6-8-18;/h2-4,9,11H,5-8,10,16H2,1H3,(H,17,19);1H. The van der Waals surface area contributed by atoms with Crippen LogP contribution in [0.3, 0.4) is 0 Å². The Balaban J connectivity index is 0.00000220. The van der Waals surface area contributed by atoms with Crippen LogP contribution in [0.15, 0.2) is 24.3 Å². The van der Waals surface area contributed by atoms with Crippen molar-refractivity contribution < 1.29 is 9.59 Å². The highest BCUT2D eigenvalue weighted by Gasteiger charge is 2.23. The number of halogens is 1. The minimum Gasteiger partial charge on any atom is -0.355 e. The highest BCUT2D eigenvalue weighted by atomic mass is 35.5. The van der Waals surface area contributed by atoms with Gasteiger partial charge in [0.05, 0.1) is 0 Å². The van der Waals surface area contributed by atoms with Crippen molar-refractivity contribution in [2.24, 2.45) is 11.7 Å². The maximum absolute atomic E-state index is 12.4. The van der Waals surface area contributed by atoms with Crippen molar-refractivity contribution in [3.05, 3.63) is 35.4 Å². The molecule has 2 amide bonds. The molecule has 3 N–H and O–H groups in total. The number of likely N-dealkylation sites (tertiary alicyclic amines) is 1. The third kappa shape index (κ3) is 4.19. The van der Waals surface area contributed by atoms with Crippen LogP contribution in [0.2, 0.25) is 0 Å². The van der Waals surface area contributed by atoms with E-state index in [1.807, 2.05) is 4.90 Å². The Morgan fingerprint density at radius 3 is 2.48 bits per heavy atom. The molecule has 1 fully saturated rings. The van der Waals surface area contributed by atoms with E-state index in [1.165, 1.54) is 0 Å².